The van der Waals surface area contributed by atoms with Gasteiger partial charge in [-0.2, -0.15) is 0 Å². The fourth-order valence-corrected chi connectivity index (χ4v) is 11.2. The molecule has 17 nitrogen and oxygen atoms in total. The van der Waals surface area contributed by atoms with Gasteiger partial charge in [-0.1, -0.05) is 50.2 Å². The predicted molar refractivity (Wildman–Crippen MR) is 344 cm³/mol. The third-order valence-electron chi connectivity index (χ3n) is 13.3. The number of ether oxygens (including phenoxy) is 2. The van der Waals surface area contributed by atoms with Gasteiger partial charge in [0.2, 0.25) is 20.9 Å². The summed E-state index contributed by atoms with van der Waals surface area (Å²) < 4.78 is 90.4. The summed E-state index contributed by atoms with van der Waals surface area (Å²) in [5.41, 5.74) is 13.7. The SMILES string of the molecule is CCCOc1c(-c2ccc(CS(C)(=O)=O)cc2)ccc2c1CC[C@H](C)N2C(C)=O.CCCOc1c(B2OC(C)(C)C(C)(C)O2)ccc2c1CC[C@H](C)N2C(C)=O.CS(=O)(=O)Cc1ccc(I)nc1.CS(=O)(=O)Cl.Nc1ccc(I)nc1. The third-order valence-corrected chi connectivity index (χ3v) is 16.3. The third kappa shape index (κ3) is 21.5. The van der Waals surface area contributed by atoms with Crippen LogP contribution in [0.4, 0.5) is 17.1 Å². The first kappa shape index (κ1) is 69.4. The Bertz CT molecular complexity index is 3240. The quantitative estimate of drug-likeness (QED) is 0.0530. The molecule has 0 radical (unpaired) electrons. The van der Waals surface area contributed by atoms with Crippen LogP contribution >= 0.6 is 55.9 Å². The number of carbonyl (C=O) groups excluding carboxylic acids is 2. The van der Waals surface area contributed by atoms with Crippen molar-refractivity contribution in [3.63, 3.8) is 0 Å². The van der Waals surface area contributed by atoms with Crippen LogP contribution in [-0.2, 0) is 72.0 Å². The summed E-state index contributed by atoms with van der Waals surface area (Å²) in [6.45, 7) is 21.0. The molecule has 0 unspecified atom stereocenters. The first-order valence-electron chi connectivity index (χ1n) is 26.4. The van der Waals surface area contributed by atoms with Crippen LogP contribution in [0.2, 0.25) is 0 Å². The molecule has 2 amide bonds. The predicted octanol–water partition coefficient (Wildman–Crippen LogP) is 10.5. The van der Waals surface area contributed by atoms with E-state index in [0.717, 1.165) is 114 Å². The highest BCUT2D eigenvalue weighted by Crippen LogP contribution is 2.44. The molecule has 8 rings (SSSR count). The van der Waals surface area contributed by atoms with E-state index in [1.807, 2.05) is 70.5 Å². The molecule has 444 valence electrons. The van der Waals surface area contributed by atoms with Crippen molar-refractivity contribution in [2.24, 2.45) is 0 Å². The van der Waals surface area contributed by atoms with E-state index >= 15 is 0 Å². The molecule has 0 aliphatic carbocycles. The van der Waals surface area contributed by atoms with Crippen molar-refractivity contribution in [1.82, 2.24) is 9.97 Å². The molecule has 1 saturated heterocycles. The lowest BCUT2D eigenvalue weighted by Crippen LogP contribution is -2.42. The van der Waals surface area contributed by atoms with Gasteiger partial charge in [0.1, 0.15) is 18.9 Å². The van der Waals surface area contributed by atoms with Crippen LogP contribution in [0.3, 0.4) is 0 Å². The molecule has 3 aliphatic rings. The second kappa shape index (κ2) is 30.1. The second-order valence-electron chi connectivity index (χ2n) is 21.2. The number of benzene rings is 3. The fraction of sp³-hybridized carbons (Fsp3) is 0.474. The molecule has 2 aromatic heterocycles. The Hall–Kier alpha value is -4.12. The Morgan fingerprint density at radius 3 is 1.49 bits per heavy atom. The number of halogens is 3. The molecule has 5 aromatic rings. The topological polar surface area (TPSA) is 232 Å². The molecular weight excluding hydrogens is 1340 g/mol. The Balaban J connectivity index is 0.000000247. The van der Waals surface area contributed by atoms with Gasteiger partial charge in [-0.05, 0) is 178 Å². The number of nitrogens with zero attached hydrogens (tertiary/aromatic N) is 4. The molecule has 5 heterocycles. The van der Waals surface area contributed by atoms with E-state index < -0.39 is 47.0 Å². The van der Waals surface area contributed by atoms with Gasteiger partial charge < -0.3 is 34.3 Å². The number of hydrogen-bond acceptors (Lipinski definition) is 15. The monoisotopic (exact) mass is 1420 g/mol. The number of rotatable bonds is 12. The maximum atomic E-state index is 12.2. The minimum atomic E-state index is -3.19. The average molecular weight is 1420 g/mol. The zero-order valence-corrected chi connectivity index (χ0v) is 56.0. The van der Waals surface area contributed by atoms with Gasteiger partial charge >= 0.3 is 7.12 Å². The van der Waals surface area contributed by atoms with Crippen molar-refractivity contribution in [3.8, 4) is 22.6 Å². The summed E-state index contributed by atoms with van der Waals surface area (Å²) >= 11 is 4.20. The minimum Gasteiger partial charge on any atom is -0.494 e. The number of fused-ring (bicyclic) bond motifs is 2. The molecule has 24 heteroatoms. The molecule has 0 bridgehead atoms. The number of pyridine rings is 2. The molecule has 0 saturated carbocycles. The van der Waals surface area contributed by atoms with Crippen molar-refractivity contribution in [2.45, 2.75) is 143 Å². The first-order chi connectivity index (χ1) is 37.6. The number of anilines is 3. The van der Waals surface area contributed by atoms with Crippen molar-refractivity contribution in [1.29, 1.82) is 0 Å². The van der Waals surface area contributed by atoms with Crippen molar-refractivity contribution >= 4 is 126 Å². The highest BCUT2D eigenvalue weighted by molar-refractivity contribution is 14.1. The standard InChI is InChI=1S/C23H29NO4S.C21H32BNO4.C7H8INO2S.C5H5IN2.CH3ClO2S/c1-5-14-28-23-20(19-9-7-18(8-10-19)15-29(4,26)27)12-13-22-21(23)11-6-16(2)24(22)17(3)25;1-8-13-25-19-16-10-9-14(2)23(15(3)24)18(16)12-11-17(19)22-26-20(4,5)21(6,7)27-22;1-12(10,11)5-6-2-3-7(8)9-4-6;6-5-2-1-4(7)3-8-5;1-5(2,3)4/h7-10,12-13,16H,5-6,11,14-15H2,1-4H3;11-12,14H,8-10,13H2,1-7H3;2-4H,5H2,1H3;1-3H,7H2;1H3/t16-;14-;;;/m00.../s1. The Morgan fingerprint density at radius 2 is 1.09 bits per heavy atom. The van der Waals surface area contributed by atoms with Gasteiger partial charge in [-0.25, -0.2) is 30.2 Å². The summed E-state index contributed by atoms with van der Waals surface area (Å²) in [6, 6.07) is 23.2. The number of amides is 2. The number of nitrogen functional groups attached to an aromatic ring is 1. The number of carbonyl (C=O) groups is 2. The van der Waals surface area contributed by atoms with Gasteiger partial charge in [0, 0.05) is 77.5 Å². The Kier molecular flexibility index (Phi) is 25.8. The molecule has 3 aromatic carbocycles. The van der Waals surface area contributed by atoms with Crippen LogP contribution in [0.25, 0.3) is 11.1 Å². The molecule has 0 spiro atoms. The second-order valence-corrected chi connectivity index (χ2v) is 30.7. The number of nitrogens with two attached hydrogens (primary N) is 1. The fourth-order valence-electron chi connectivity index (χ4n) is 8.98. The minimum absolute atomic E-state index is 0.0299. The zero-order valence-electron chi connectivity index (χ0n) is 48.5. The van der Waals surface area contributed by atoms with Crippen molar-refractivity contribution in [3.05, 3.63) is 115 Å². The largest absolute Gasteiger partial charge is 0.498 e. The Morgan fingerprint density at radius 1 is 0.667 bits per heavy atom. The summed E-state index contributed by atoms with van der Waals surface area (Å²) in [5, 5.41) is 0. The van der Waals surface area contributed by atoms with Crippen molar-refractivity contribution in [2.75, 3.05) is 47.5 Å². The zero-order chi connectivity index (χ0) is 60.8. The smallest absolute Gasteiger partial charge is 0.494 e. The van der Waals surface area contributed by atoms with Crippen molar-refractivity contribution < 1.29 is 53.6 Å². The van der Waals surface area contributed by atoms with E-state index in [-0.39, 0.29) is 35.4 Å². The highest BCUT2D eigenvalue weighted by atomic mass is 127. The van der Waals surface area contributed by atoms with Gasteiger partial charge in [0.05, 0.1) is 65.4 Å². The molecule has 2 atom stereocenters. The van der Waals surface area contributed by atoms with Gasteiger partial charge in [0.15, 0.2) is 19.7 Å². The van der Waals surface area contributed by atoms with Crippen LogP contribution in [0.15, 0.2) is 85.2 Å². The van der Waals surface area contributed by atoms with Crippen LogP contribution in [0.5, 0.6) is 11.5 Å². The van der Waals surface area contributed by atoms with E-state index in [2.05, 4.69) is 121 Å². The van der Waals surface area contributed by atoms with Crippen LogP contribution in [0.1, 0.15) is 117 Å². The number of aromatic nitrogens is 2. The van der Waals surface area contributed by atoms with E-state index in [4.69, 9.17) is 24.5 Å². The van der Waals surface area contributed by atoms with E-state index in [0.29, 0.717) is 18.9 Å². The van der Waals surface area contributed by atoms with E-state index in [9.17, 15) is 34.8 Å². The van der Waals surface area contributed by atoms with Crippen LogP contribution in [-0.4, -0.2) is 109 Å². The first-order valence-corrected chi connectivity index (χ1v) is 35.4. The van der Waals surface area contributed by atoms with E-state index in [1.54, 1.807) is 38.4 Å². The molecule has 81 heavy (non-hydrogen) atoms. The normalized spacial score (nSPS) is 17.0. The maximum Gasteiger partial charge on any atom is 0.498 e. The lowest BCUT2D eigenvalue weighted by molar-refractivity contribution is -0.117. The lowest BCUT2D eigenvalue weighted by atomic mass is 9.76. The number of sulfone groups is 2. The van der Waals surface area contributed by atoms with Gasteiger partial charge in [0.25, 0.3) is 0 Å². The molecular formula is C57H77BClI2N5O12S3. The Labute approximate surface area is 512 Å². The maximum absolute atomic E-state index is 12.2. The lowest BCUT2D eigenvalue weighted by Gasteiger charge is -2.36. The molecule has 1 fully saturated rings. The molecule has 2 N–H and O–H groups in total. The molecule has 3 aliphatic heterocycles. The van der Waals surface area contributed by atoms with Crippen LogP contribution in [0, 0.1) is 7.40 Å². The summed E-state index contributed by atoms with van der Waals surface area (Å²) in [7, 11) is -5.17. The van der Waals surface area contributed by atoms with E-state index in [1.165, 1.54) is 12.5 Å². The van der Waals surface area contributed by atoms with Gasteiger partial charge in [-0.15, -0.1) is 0 Å². The summed E-state index contributed by atoms with van der Waals surface area (Å²) in [6.07, 6.45) is 12.0. The average Bonchev–Trinajstić information content (AvgIpc) is 3.60. The summed E-state index contributed by atoms with van der Waals surface area (Å²) in [5.74, 6) is 1.86. The van der Waals surface area contributed by atoms with Gasteiger partial charge in [-0.3, -0.25) is 14.6 Å². The van der Waals surface area contributed by atoms with Crippen LogP contribution < -0.4 is 30.5 Å². The highest BCUT2D eigenvalue weighted by Gasteiger charge is 2.53. The summed E-state index contributed by atoms with van der Waals surface area (Å²) in [4.78, 5) is 36.1. The number of hydrogen-bond donors (Lipinski definition) is 1.